The summed E-state index contributed by atoms with van der Waals surface area (Å²) < 4.78 is 10.8. The molecule has 0 heterocycles. The third-order valence-electron chi connectivity index (χ3n) is 1.69. The van der Waals surface area contributed by atoms with Crippen molar-refractivity contribution in [3.63, 3.8) is 0 Å². The average molecular weight is 216 g/mol. The summed E-state index contributed by atoms with van der Waals surface area (Å²) in [6.45, 7) is 13.3. The molecule has 1 radical (unpaired) electrons. The van der Waals surface area contributed by atoms with Gasteiger partial charge < -0.3 is 9.47 Å². The zero-order valence-electron chi connectivity index (χ0n) is 10.7. The van der Waals surface area contributed by atoms with E-state index in [0.717, 1.165) is 39.5 Å². The molecule has 0 aromatic heterocycles. The van der Waals surface area contributed by atoms with Gasteiger partial charge in [-0.2, -0.15) is 0 Å². The lowest BCUT2D eigenvalue weighted by Crippen LogP contribution is -2.19. The second-order valence-electron chi connectivity index (χ2n) is 4.61. The molecule has 0 unspecified atom stereocenters. The van der Waals surface area contributed by atoms with Gasteiger partial charge >= 0.3 is 0 Å². The third-order valence-corrected chi connectivity index (χ3v) is 1.69. The Bertz CT molecular complexity index is 113. The van der Waals surface area contributed by atoms with Gasteiger partial charge in [-0.1, -0.05) is 27.7 Å². The first-order valence-electron chi connectivity index (χ1n) is 5.91. The number of hydrogen-bond acceptors (Lipinski definition) is 2. The predicted molar refractivity (Wildman–Crippen MR) is 63.2 cm³/mol. The maximum atomic E-state index is 5.41. The molecule has 0 saturated carbocycles. The van der Waals surface area contributed by atoms with E-state index in [-0.39, 0.29) is 0 Å². The normalized spacial score (nSPS) is 11.6. The van der Waals surface area contributed by atoms with Crippen LogP contribution in [-0.4, -0.2) is 39.5 Å². The molecule has 0 fully saturated rings. The van der Waals surface area contributed by atoms with E-state index in [4.69, 9.17) is 9.47 Å². The first-order valence-corrected chi connectivity index (χ1v) is 5.91. The highest BCUT2D eigenvalue weighted by Gasteiger charge is 1.95. The Hall–Kier alpha value is -0.120. The minimum Gasteiger partial charge on any atom is -0.380 e. The fraction of sp³-hybridized carbons (Fsp3) is 1.00. The lowest BCUT2D eigenvalue weighted by atomic mass is 10.2. The molecule has 0 saturated heterocycles. The average Bonchev–Trinajstić information content (AvgIpc) is 2.14. The SMILES string of the molecule is CC(C)COCC[N]CCOCC(C)C. The summed E-state index contributed by atoms with van der Waals surface area (Å²) in [7, 11) is 0. The Morgan fingerprint density at radius 2 is 1.20 bits per heavy atom. The van der Waals surface area contributed by atoms with E-state index in [9.17, 15) is 0 Å². The molecule has 0 N–H and O–H groups in total. The van der Waals surface area contributed by atoms with Crippen molar-refractivity contribution >= 4 is 0 Å². The molecule has 0 aliphatic carbocycles. The molecule has 0 rings (SSSR count). The summed E-state index contributed by atoms with van der Waals surface area (Å²) in [6, 6.07) is 0. The maximum absolute atomic E-state index is 5.41. The standard InChI is InChI=1S/C12H26NO2/c1-11(2)9-14-7-5-13-6-8-15-10-12(3)4/h11-12H,5-10H2,1-4H3. The summed E-state index contributed by atoms with van der Waals surface area (Å²) in [6.07, 6.45) is 0. The summed E-state index contributed by atoms with van der Waals surface area (Å²) in [5.74, 6) is 1.22. The smallest absolute Gasteiger partial charge is 0.0607 e. The molecule has 91 valence electrons. The number of hydrogen-bond donors (Lipinski definition) is 0. The Morgan fingerprint density at radius 3 is 1.53 bits per heavy atom. The summed E-state index contributed by atoms with van der Waals surface area (Å²) in [5.41, 5.74) is 0. The van der Waals surface area contributed by atoms with Gasteiger partial charge in [-0.15, -0.1) is 0 Å². The van der Waals surface area contributed by atoms with Crippen LogP contribution < -0.4 is 5.32 Å². The van der Waals surface area contributed by atoms with Crippen LogP contribution in [0.2, 0.25) is 0 Å². The van der Waals surface area contributed by atoms with Crippen molar-refractivity contribution in [3.8, 4) is 0 Å². The molecule has 0 aromatic rings. The van der Waals surface area contributed by atoms with Crippen LogP contribution in [0.1, 0.15) is 27.7 Å². The number of ether oxygens (including phenoxy) is 2. The van der Waals surface area contributed by atoms with Crippen molar-refractivity contribution in [1.29, 1.82) is 0 Å². The highest BCUT2D eigenvalue weighted by Crippen LogP contribution is 1.92. The van der Waals surface area contributed by atoms with E-state index < -0.39 is 0 Å². The van der Waals surface area contributed by atoms with Crippen molar-refractivity contribution in [2.24, 2.45) is 11.8 Å². The fourth-order valence-electron chi connectivity index (χ4n) is 1.01. The minimum atomic E-state index is 0.611. The molecule has 0 bridgehead atoms. The third kappa shape index (κ3) is 13.9. The first-order chi connectivity index (χ1) is 7.13. The van der Waals surface area contributed by atoms with Crippen molar-refractivity contribution in [2.75, 3.05) is 39.5 Å². The summed E-state index contributed by atoms with van der Waals surface area (Å²) >= 11 is 0. The second kappa shape index (κ2) is 10.4. The molecular formula is C12H26NO2. The molecule has 0 amide bonds. The van der Waals surface area contributed by atoms with Gasteiger partial charge in [0.2, 0.25) is 0 Å². The van der Waals surface area contributed by atoms with Gasteiger partial charge in [0.15, 0.2) is 0 Å². The van der Waals surface area contributed by atoms with Gasteiger partial charge in [-0.05, 0) is 11.8 Å². The Morgan fingerprint density at radius 1 is 0.800 bits per heavy atom. The van der Waals surface area contributed by atoms with Crippen LogP contribution in [0, 0.1) is 11.8 Å². The van der Waals surface area contributed by atoms with Crippen LogP contribution >= 0.6 is 0 Å². The molecule has 0 aliphatic heterocycles. The van der Waals surface area contributed by atoms with Crippen molar-refractivity contribution in [1.82, 2.24) is 5.32 Å². The Labute approximate surface area is 94.5 Å². The largest absolute Gasteiger partial charge is 0.380 e. The first kappa shape index (κ1) is 14.9. The Kier molecular flexibility index (Phi) is 10.3. The number of nitrogens with zero attached hydrogens (tertiary/aromatic N) is 1. The summed E-state index contributed by atoms with van der Waals surface area (Å²) in [4.78, 5) is 0. The fourth-order valence-corrected chi connectivity index (χ4v) is 1.01. The molecule has 0 aliphatic rings. The van der Waals surface area contributed by atoms with E-state index in [2.05, 4.69) is 33.0 Å². The predicted octanol–water partition coefficient (Wildman–Crippen LogP) is 1.94. The van der Waals surface area contributed by atoms with Crippen molar-refractivity contribution in [3.05, 3.63) is 0 Å². The molecule has 3 heteroatoms. The van der Waals surface area contributed by atoms with Crippen molar-refractivity contribution < 1.29 is 9.47 Å². The quantitative estimate of drug-likeness (QED) is 0.523. The van der Waals surface area contributed by atoms with E-state index in [0.29, 0.717) is 11.8 Å². The van der Waals surface area contributed by atoms with Crippen LogP contribution in [0.5, 0.6) is 0 Å². The molecule has 0 aromatic carbocycles. The molecule has 0 atom stereocenters. The second-order valence-corrected chi connectivity index (χ2v) is 4.61. The van der Waals surface area contributed by atoms with Crippen LogP contribution in [0.3, 0.4) is 0 Å². The highest BCUT2D eigenvalue weighted by atomic mass is 16.5. The van der Waals surface area contributed by atoms with E-state index in [1.54, 1.807) is 0 Å². The van der Waals surface area contributed by atoms with E-state index in [1.807, 2.05) is 0 Å². The van der Waals surface area contributed by atoms with E-state index >= 15 is 0 Å². The van der Waals surface area contributed by atoms with E-state index in [1.165, 1.54) is 0 Å². The monoisotopic (exact) mass is 216 g/mol. The van der Waals surface area contributed by atoms with Crippen molar-refractivity contribution in [2.45, 2.75) is 27.7 Å². The van der Waals surface area contributed by atoms with Crippen LogP contribution in [0.25, 0.3) is 0 Å². The highest BCUT2D eigenvalue weighted by molar-refractivity contribution is 4.47. The van der Waals surface area contributed by atoms with Gasteiger partial charge in [0.25, 0.3) is 0 Å². The molecule has 0 spiro atoms. The lowest BCUT2D eigenvalue weighted by Gasteiger charge is -2.08. The van der Waals surface area contributed by atoms with Gasteiger partial charge in [0, 0.05) is 26.3 Å². The van der Waals surface area contributed by atoms with Gasteiger partial charge in [-0.3, -0.25) is 0 Å². The molecule has 15 heavy (non-hydrogen) atoms. The lowest BCUT2D eigenvalue weighted by molar-refractivity contribution is 0.0978. The zero-order valence-corrected chi connectivity index (χ0v) is 10.7. The maximum Gasteiger partial charge on any atom is 0.0607 e. The zero-order chi connectivity index (χ0) is 11.5. The summed E-state index contributed by atoms with van der Waals surface area (Å²) in [5, 5.41) is 4.32. The van der Waals surface area contributed by atoms with Crippen LogP contribution in [0.15, 0.2) is 0 Å². The topological polar surface area (TPSA) is 32.6 Å². The van der Waals surface area contributed by atoms with Gasteiger partial charge in [-0.25, -0.2) is 5.32 Å². The Balaban J connectivity index is 2.93. The van der Waals surface area contributed by atoms with Gasteiger partial charge in [0.1, 0.15) is 0 Å². The van der Waals surface area contributed by atoms with Gasteiger partial charge in [0.05, 0.1) is 13.2 Å². The number of rotatable bonds is 10. The van der Waals surface area contributed by atoms with Crippen LogP contribution in [-0.2, 0) is 9.47 Å². The minimum absolute atomic E-state index is 0.611. The van der Waals surface area contributed by atoms with Crippen LogP contribution in [0.4, 0.5) is 0 Å². The molecular weight excluding hydrogens is 190 g/mol. The molecule has 3 nitrogen and oxygen atoms in total.